The molecule has 0 radical (unpaired) electrons. The average molecular weight is 382 g/mol. The summed E-state index contributed by atoms with van der Waals surface area (Å²) in [6.45, 7) is 1.59. The summed E-state index contributed by atoms with van der Waals surface area (Å²) >= 11 is 0. The van der Waals surface area contributed by atoms with Crippen molar-refractivity contribution in [2.75, 3.05) is 11.9 Å². The Hall–Kier alpha value is -2.90. The van der Waals surface area contributed by atoms with Crippen molar-refractivity contribution in [1.29, 1.82) is 0 Å². The predicted molar refractivity (Wildman–Crippen MR) is 103 cm³/mol. The maximum atomic E-state index is 13.9. The molecule has 0 bridgehead atoms. The van der Waals surface area contributed by atoms with E-state index < -0.39 is 18.4 Å². The van der Waals surface area contributed by atoms with Gasteiger partial charge in [0.2, 0.25) is 5.95 Å². The minimum absolute atomic E-state index is 0.193. The summed E-state index contributed by atoms with van der Waals surface area (Å²) in [6.07, 6.45) is 6.42. The van der Waals surface area contributed by atoms with Gasteiger partial charge in [0.15, 0.2) is 0 Å². The van der Waals surface area contributed by atoms with E-state index in [-0.39, 0.29) is 5.95 Å². The SMILES string of the molecule is CC1=Nc2ccc(-c3ccn4nc(NCC(F)(F)C5CC5)ncc34)nc2CC1. The van der Waals surface area contributed by atoms with Gasteiger partial charge in [-0.05, 0) is 50.8 Å². The Morgan fingerprint density at radius 2 is 2.07 bits per heavy atom. The molecule has 0 unspecified atom stereocenters. The Bertz CT molecular complexity index is 1080. The maximum Gasteiger partial charge on any atom is 0.267 e. The van der Waals surface area contributed by atoms with Crippen LogP contribution in [0.2, 0.25) is 0 Å². The van der Waals surface area contributed by atoms with Crippen LogP contribution < -0.4 is 5.32 Å². The molecule has 144 valence electrons. The van der Waals surface area contributed by atoms with Gasteiger partial charge in [-0.2, -0.15) is 0 Å². The minimum atomic E-state index is -2.71. The van der Waals surface area contributed by atoms with E-state index in [0.717, 1.165) is 46.7 Å². The molecular weight excluding hydrogens is 362 g/mol. The predicted octanol–water partition coefficient (Wildman–Crippen LogP) is 4.29. The molecule has 1 aliphatic heterocycles. The maximum absolute atomic E-state index is 13.9. The lowest BCUT2D eigenvalue weighted by Gasteiger charge is -2.16. The van der Waals surface area contributed by atoms with Gasteiger partial charge in [0.05, 0.1) is 35.3 Å². The summed E-state index contributed by atoms with van der Waals surface area (Å²) in [5, 5.41) is 6.98. The molecule has 6 nitrogen and oxygen atoms in total. The zero-order valence-electron chi connectivity index (χ0n) is 15.5. The highest BCUT2D eigenvalue weighted by Gasteiger charge is 2.46. The number of aliphatic imine (C=N–C) groups is 1. The molecule has 3 aromatic rings. The number of alkyl halides is 2. The van der Waals surface area contributed by atoms with Crippen LogP contribution in [0.5, 0.6) is 0 Å². The number of fused-ring (bicyclic) bond motifs is 2. The highest BCUT2D eigenvalue weighted by atomic mass is 19.3. The van der Waals surface area contributed by atoms with Crippen molar-refractivity contribution in [3.8, 4) is 11.3 Å². The van der Waals surface area contributed by atoms with E-state index in [2.05, 4.69) is 20.4 Å². The largest absolute Gasteiger partial charge is 0.347 e. The van der Waals surface area contributed by atoms with Crippen LogP contribution in [0.4, 0.5) is 20.4 Å². The van der Waals surface area contributed by atoms with Crippen molar-refractivity contribution >= 4 is 22.9 Å². The monoisotopic (exact) mass is 382 g/mol. The first-order valence-electron chi connectivity index (χ1n) is 9.50. The molecule has 4 heterocycles. The van der Waals surface area contributed by atoms with E-state index in [1.807, 2.05) is 25.1 Å². The second-order valence-corrected chi connectivity index (χ2v) is 7.54. The summed E-state index contributed by atoms with van der Waals surface area (Å²) in [6, 6.07) is 5.85. The van der Waals surface area contributed by atoms with Gasteiger partial charge in [-0.1, -0.05) is 0 Å². The van der Waals surface area contributed by atoms with Crippen LogP contribution in [0.1, 0.15) is 31.9 Å². The third kappa shape index (κ3) is 3.12. The Morgan fingerprint density at radius 1 is 1.21 bits per heavy atom. The first kappa shape index (κ1) is 17.2. The fourth-order valence-electron chi connectivity index (χ4n) is 3.54. The number of pyridine rings is 1. The molecule has 2 aliphatic rings. The summed E-state index contributed by atoms with van der Waals surface area (Å²) in [5.41, 5.74) is 5.56. The molecule has 0 spiro atoms. The van der Waals surface area contributed by atoms with Gasteiger partial charge >= 0.3 is 0 Å². The van der Waals surface area contributed by atoms with Gasteiger partial charge in [0, 0.05) is 23.4 Å². The lowest BCUT2D eigenvalue weighted by atomic mass is 10.1. The van der Waals surface area contributed by atoms with Crippen molar-refractivity contribution in [3.63, 3.8) is 0 Å². The van der Waals surface area contributed by atoms with E-state index in [0.29, 0.717) is 12.8 Å². The molecule has 1 fully saturated rings. The van der Waals surface area contributed by atoms with Gasteiger partial charge in [-0.15, -0.1) is 5.10 Å². The lowest BCUT2D eigenvalue weighted by molar-refractivity contribution is -0.00833. The molecular formula is C20H20F2N6. The number of hydrogen-bond donors (Lipinski definition) is 1. The number of hydrogen-bond acceptors (Lipinski definition) is 5. The molecule has 1 saturated carbocycles. The standard InChI is InChI=1S/C20H20F2N6/c1-12-2-5-17-16(25-12)7-6-15(26-17)14-8-9-28-18(14)10-23-19(27-28)24-11-20(21,22)13-3-4-13/h6-10,13H,2-5,11H2,1H3,(H,24,27). The topological polar surface area (TPSA) is 67.5 Å². The van der Waals surface area contributed by atoms with Crippen molar-refractivity contribution in [2.45, 2.75) is 38.5 Å². The first-order valence-corrected chi connectivity index (χ1v) is 9.50. The smallest absolute Gasteiger partial charge is 0.267 e. The molecule has 8 heteroatoms. The van der Waals surface area contributed by atoms with Crippen LogP contribution in [-0.4, -0.2) is 37.8 Å². The van der Waals surface area contributed by atoms with Crippen molar-refractivity contribution in [3.05, 3.63) is 36.3 Å². The van der Waals surface area contributed by atoms with E-state index in [1.54, 1.807) is 16.9 Å². The molecule has 1 N–H and O–H groups in total. The normalized spacial score (nSPS) is 16.8. The Balaban J connectivity index is 1.41. The number of nitrogens with zero attached hydrogens (tertiary/aromatic N) is 5. The van der Waals surface area contributed by atoms with Crippen molar-refractivity contribution < 1.29 is 8.78 Å². The van der Waals surface area contributed by atoms with Gasteiger partial charge in [0.25, 0.3) is 5.92 Å². The second kappa shape index (κ2) is 6.32. The Morgan fingerprint density at radius 3 is 2.89 bits per heavy atom. The van der Waals surface area contributed by atoms with Crippen LogP contribution in [-0.2, 0) is 6.42 Å². The number of aromatic nitrogens is 4. The molecule has 0 atom stereocenters. The van der Waals surface area contributed by atoms with Gasteiger partial charge in [0.1, 0.15) is 0 Å². The zero-order chi connectivity index (χ0) is 19.3. The van der Waals surface area contributed by atoms with Crippen LogP contribution in [0.3, 0.4) is 0 Å². The van der Waals surface area contributed by atoms with Crippen molar-refractivity contribution in [2.24, 2.45) is 10.9 Å². The Kier molecular flexibility index (Phi) is 3.89. The second-order valence-electron chi connectivity index (χ2n) is 7.54. The highest BCUT2D eigenvalue weighted by Crippen LogP contribution is 2.43. The lowest BCUT2D eigenvalue weighted by Crippen LogP contribution is -2.30. The summed E-state index contributed by atoms with van der Waals surface area (Å²) < 4.78 is 29.3. The summed E-state index contributed by atoms with van der Waals surface area (Å²) in [4.78, 5) is 13.5. The van der Waals surface area contributed by atoms with E-state index in [9.17, 15) is 8.78 Å². The molecule has 5 rings (SSSR count). The number of rotatable bonds is 5. The zero-order valence-corrected chi connectivity index (χ0v) is 15.5. The summed E-state index contributed by atoms with van der Waals surface area (Å²) in [7, 11) is 0. The number of aryl methyl sites for hydroxylation is 1. The van der Waals surface area contributed by atoms with Crippen LogP contribution in [0.15, 0.2) is 35.6 Å². The third-order valence-electron chi connectivity index (χ3n) is 5.33. The molecule has 0 aromatic carbocycles. The van der Waals surface area contributed by atoms with Crippen LogP contribution in [0.25, 0.3) is 16.8 Å². The minimum Gasteiger partial charge on any atom is -0.347 e. The number of anilines is 1. The van der Waals surface area contributed by atoms with E-state index >= 15 is 0 Å². The van der Waals surface area contributed by atoms with Gasteiger partial charge in [-0.3, -0.25) is 9.98 Å². The molecule has 3 aromatic heterocycles. The van der Waals surface area contributed by atoms with E-state index in [1.165, 1.54) is 0 Å². The number of halogens is 2. The molecule has 0 amide bonds. The van der Waals surface area contributed by atoms with Crippen molar-refractivity contribution in [1.82, 2.24) is 19.6 Å². The molecule has 1 aliphatic carbocycles. The molecule has 28 heavy (non-hydrogen) atoms. The summed E-state index contributed by atoms with van der Waals surface area (Å²) in [5.74, 6) is -3.03. The van der Waals surface area contributed by atoms with Gasteiger partial charge in [-0.25, -0.2) is 18.3 Å². The highest BCUT2D eigenvalue weighted by molar-refractivity contribution is 5.87. The molecule has 0 saturated heterocycles. The average Bonchev–Trinajstić information content (AvgIpc) is 3.47. The van der Waals surface area contributed by atoms with E-state index in [4.69, 9.17) is 4.98 Å². The van der Waals surface area contributed by atoms with Crippen LogP contribution in [0, 0.1) is 5.92 Å². The van der Waals surface area contributed by atoms with Crippen LogP contribution >= 0.6 is 0 Å². The third-order valence-corrected chi connectivity index (χ3v) is 5.33. The first-order chi connectivity index (χ1) is 13.5. The fraction of sp³-hybridized carbons (Fsp3) is 0.400. The fourth-order valence-corrected chi connectivity index (χ4v) is 3.54. The van der Waals surface area contributed by atoms with Gasteiger partial charge < -0.3 is 5.32 Å². The quantitative estimate of drug-likeness (QED) is 0.715. The Labute approximate surface area is 160 Å². The number of nitrogens with one attached hydrogen (secondary N) is 1.